The molecule has 1 aliphatic heterocycles. The molecule has 20 heavy (non-hydrogen) atoms. The first-order valence-corrected chi connectivity index (χ1v) is 7.60. The Morgan fingerprint density at radius 1 is 1.25 bits per heavy atom. The number of rotatable bonds is 2. The molecule has 0 spiro atoms. The number of para-hydroxylation sites is 1. The minimum atomic E-state index is -0.160. The van der Waals surface area contributed by atoms with Crippen molar-refractivity contribution in [3.8, 4) is 0 Å². The molecule has 1 unspecified atom stereocenters. The van der Waals surface area contributed by atoms with Crippen molar-refractivity contribution < 1.29 is 4.79 Å². The summed E-state index contributed by atoms with van der Waals surface area (Å²) in [5, 5.41) is 3.31. The van der Waals surface area contributed by atoms with Crippen LogP contribution in [0.15, 0.2) is 47.4 Å². The van der Waals surface area contributed by atoms with E-state index in [1.165, 1.54) is 4.90 Å². The minimum absolute atomic E-state index is 0.0674. The van der Waals surface area contributed by atoms with Crippen LogP contribution in [0.1, 0.15) is 11.5 Å². The molecule has 0 fully saturated rings. The van der Waals surface area contributed by atoms with Crippen LogP contribution in [-0.2, 0) is 4.79 Å². The Bertz CT molecular complexity index is 654. The zero-order valence-corrected chi connectivity index (χ0v) is 12.2. The highest BCUT2D eigenvalue weighted by atomic mass is 35.5. The number of carbonyl (C=O) groups is 1. The number of benzene rings is 2. The Morgan fingerprint density at radius 3 is 2.85 bits per heavy atom. The second-order valence-electron chi connectivity index (χ2n) is 4.59. The van der Waals surface area contributed by atoms with Crippen molar-refractivity contribution in [3.05, 3.63) is 53.1 Å². The molecule has 3 nitrogen and oxygen atoms in total. The fraction of sp³-hybridized carbons (Fsp3) is 0.133. The number of amides is 1. The van der Waals surface area contributed by atoms with E-state index in [4.69, 9.17) is 17.3 Å². The fourth-order valence-electron chi connectivity index (χ4n) is 2.26. The number of nitrogens with two attached hydrogens (primary N) is 1. The van der Waals surface area contributed by atoms with Crippen molar-refractivity contribution in [1.82, 2.24) is 0 Å². The summed E-state index contributed by atoms with van der Waals surface area (Å²) in [5.41, 5.74) is 7.90. The second kappa shape index (κ2) is 5.38. The molecule has 2 aromatic rings. The Morgan fingerprint density at radius 2 is 2.05 bits per heavy atom. The first-order valence-electron chi connectivity index (χ1n) is 6.23. The van der Waals surface area contributed by atoms with E-state index in [1.807, 2.05) is 24.3 Å². The Kier molecular flexibility index (Phi) is 3.59. The Hall–Kier alpha value is -1.65. The van der Waals surface area contributed by atoms with Crippen molar-refractivity contribution in [3.63, 3.8) is 0 Å². The molecule has 1 heterocycles. The summed E-state index contributed by atoms with van der Waals surface area (Å²) >= 11 is 7.78. The van der Waals surface area contributed by atoms with Gasteiger partial charge in [-0.2, -0.15) is 0 Å². The van der Waals surface area contributed by atoms with E-state index in [0.29, 0.717) is 16.4 Å². The third-order valence-electron chi connectivity index (χ3n) is 3.31. The molecule has 1 amide bonds. The predicted molar refractivity (Wildman–Crippen MR) is 84.4 cm³/mol. The lowest BCUT2D eigenvalue weighted by Gasteiger charge is -2.14. The van der Waals surface area contributed by atoms with Gasteiger partial charge in [-0.15, -0.1) is 11.8 Å². The van der Waals surface area contributed by atoms with Gasteiger partial charge in [0, 0.05) is 10.6 Å². The largest absolute Gasteiger partial charge is 0.397 e. The molecular formula is C15H13ClN2OS. The molecule has 0 saturated carbocycles. The van der Waals surface area contributed by atoms with Crippen LogP contribution in [0.5, 0.6) is 0 Å². The van der Waals surface area contributed by atoms with Crippen LogP contribution >= 0.6 is 23.4 Å². The number of thioether (sulfide) groups is 1. The van der Waals surface area contributed by atoms with Gasteiger partial charge in [0.2, 0.25) is 5.91 Å². The average Bonchev–Trinajstić information content (AvgIpc) is 2.87. The van der Waals surface area contributed by atoms with Crippen LogP contribution in [0.4, 0.5) is 11.4 Å². The lowest BCUT2D eigenvalue weighted by atomic mass is 10.0. The van der Waals surface area contributed by atoms with Gasteiger partial charge >= 0.3 is 0 Å². The minimum Gasteiger partial charge on any atom is -0.397 e. The lowest BCUT2D eigenvalue weighted by molar-refractivity contribution is -0.117. The highest BCUT2D eigenvalue weighted by Crippen LogP contribution is 2.40. The average molecular weight is 305 g/mol. The van der Waals surface area contributed by atoms with Crippen LogP contribution < -0.4 is 11.1 Å². The number of halogens is 1. The number of nitrogen functional groups attached to an aromatic ring is 1. The normalized spacial score (nSPS) is 16.8. The molecule has 2 aromatic carbocycles. The van der Waals surface area contributed by atoms with Crippen molar-refractivity contribution in [2.75, 3.05) is 16.8 Å². The SMILES string of the molecule is Nc1cccc(Cl)c1NC(=O)C1CSc2ccccc21. The summed E-state index contributed by atoms with van der Waals surface area (Å²) < 4.78 is 0. The zero-order chi connectivity index (χ0) is 14.1. The van der Waals surface area contributed by atoms with E-state index in [2.05, 4.69) is 5.32 Å². The van der Waals surface area contributed by atoms with Gasteiger partial charge in [-0.05, 0) is 23.8 Å². The van der Waals surface area contributed by atoms with E-state index in [9.17, 15) is 4.79 Å². The van der Waals surface area contributed by atoms with E-state index in [0.717, 1.165) is 11.3 Å². The van der Waals surface area contributed by atoms with Gasteiger partial charge in [0.05, 0.1) is 22.3 Å². The standard InChI is InChI=1S/C15H13ClN2OS/c16-11-5-3-6-12(17)14(11)18-15(19)10-8-20-13-7-2-1-4-9(10)13/h1-7,10H,8,17H2,(H,18,19). The van der Waals surface area contributed by atoms with Crippen molar-refractivity contribution in [1.29, 1.82) is 0 Å². The Labute approximate surface area is 126 Å². The smallest absolute Gasteiger partial charge is 0.232 e. The number of hydrogen-bond acceptors (Lipinski definition) is 3. The third kappa shape index (κ3) is 2.37. The van der Waals surface area contributed by atoms with Gasteiger partial charge in [-0.3, -0.25) is 4.79 Å². The predicted octanol–water partition coefficient (Wildman–Crippen LogP) is 3.75. The monoisotopic (exact) mass is 304 g/mol. The lowest BCUT2D eigenvalue weighted by Crippen LogP contribution is -2.21. The van der Waals surface area contributed by atoms with Gasteiger partial charge in [0.25, 0.3) is 0 Å². The summed E-state index contributed by atoms with van der Waals surface area (Å²) in [7, 11) is 0. The maximum atomic E-state index is 12.4. The van der Waals surface area contributed by atoms with Crippen molar-refractivity contribution >= 4 is 40.6 Å². The number of carbonyl (C=O) groups excluding carboxylic acids is 1. The van der Waals surface area contributed by atoms with E-state index >= 15 is 0 Å². The van der Waals surface area contributed by atoms with Gasteiger partial charge in [0.15, 0.2) is 0 Å². The molecule has 0 aliphatic carbocycles. The van der Waals surface area contributed by atoms with Crippen molar-refractivity contribution in [2.45, 2.75) is 10.8 Å². The van der Waals surface area contributed by atoms with E-state index in [1.54, 1.807) is 30.0 Å². The van der Waals surface area contributed by atoms with Gasteiger partial charge < -0.3 is 11.1 Å². The summed E-state index contributed by atoms with van der Waals surface area (Å²) in [6.45, 7) is 0. The quantitative estimate of drug-likeness (QED) is 0.831. The van der Waals surface area contributed by atoms with Crippen LogP contribution in [0.25, 0.3) is 0 Å². The second-order valence-corrected chi connectivity index (χ2v) is 6.06. The zero-order valence-electron chi connectivity index (χ0n) is 10.6. The van der Waals surface area contributed by atoms with Gasteiger partial charge in [-0.25, -0.2) is 0 Å². The molecule has 1 aliphatic rings. The summed E-state index contributed by atoms with van der Waals surface area (Å²) in [4.78, 5) is 13.6. The molecular weight excluding hydrogens is 292 g/mol. The number of hydrogen-bond donors (Lipinski definition) is 2. The summed E-state index contributed by atoms with van der Waals surface area (Å²) in [5.74, 6) is 0.518. The number of nitrogens with one attached hydrogen (secondary N) is 1. The van der Waals surface area contributed by atoms with E-state index < -0.39 is 0 Å². The number of fused-ring (bicyclic) bond motifs is 1. The molecule has 0 radical (unpaired) electrons. The van der Waals surface area contributed by atoms with Crippen molar-refractivity contribution in [2.24, 2.45) is 0 Å². The molecule has 3 rings (SSSR count). The molecule has 5 heteroatoms. The van der Waals surface area contributed by atoms with Crippen LogP contribution in [0.2, 0.25) is 5.02 Å². The highest BCUT2D eigenvalue weighted by molar-refractivity contribution is 7.99. The maximum Gasteiger partial charge on any atom is 0.232 e. The first-order chi connectivity index (χ1) is 9.66. The molecule has 3 N–H and O–H groups in total. The van der Waals surface area contributed by atoms with Crippen LogP contribution in [-0.4, -0.2) is 11.7 Å². The van der Waals surface area contributed by atoms with E-state index in [-0.39, 0.29) is 11.8 Å². The third-order valence-corrected chi connectivity index (χ3v) is 4.81. The molecule has 1 atom stereocenters. The summed E-state index contributed by atoms with van der Waals surface area (Å²) in [6.07, 6.45) is 0. The van der Waals surface area contributed by atoms with Crippen LogP contribution in [0, 0.1) is 0 Å². The Balaban J connectivity index is 1.85. The van der Waals surface area contributed by atoms with Gasteiger partial charge in [-0.1, -0.05) is 35.9 Å². The topological polar surface area (TPSA) is 55.1 Å². The molecule has 0 bridgehead atoms. The highest BCUT2D eigenvalue weighted by Gasteiger charge is 2.29. The summed E-state index contributed by atoms with van der Waals surface area (Å²) in [6, 6.07) is 13.2. The fourth-order valence-corrected chi connectivity index (χ4v) is 3.72. The van der Waals surface area contributed by atoms with Crippen LogP contribution in [0.3, 0.4) is 0 Å². The van der Waals surface area contributed by atoms with Gasteiger partial charge in [0.1, 0.15) is 0 Å². The molecule has 102 valence electrons. The first kappa shape index (κ1) is 13.3. The molecule has 0 saturated heterocycles. The molecule has 0 aromatic heterocycles. The maximum absolute atomic E-state index is 12.4. The number of anilines is 2.